The van der Waals surface area contributed by atoms with Gasteiger partial charge in [-0.3, -0.25) is 19.8 Å². The molecule has 0 radical (unpaired) electrons. The summed E-state index contributed by atoms with van der Waals surface area (Å²) >= 11 is 1.53. The van der Waals surface area contributed by atoms with E-state index in [4.69, 9.17) is 4.42 Å². The van der Waals surface area contributed by atoms with Crippen molar-refractivity contribution in [2.75, 3.05) is 0 Å². The molecule has 3 aromatic rings. The molecule has 1 fully saturated rings. The molecule has 7 heteroatoms. The monoisotopic (exact) mass is 404 g/mol. The molecule has 0 spiro atoms. The topological polar surface area (TPSA) is 79.6 Å². The normalized spacial score (nSPS) is 15.7. The molecule has 144 valence electrons. The maximum Gasteiger partial charge on any atom is 0.331 e. The van der Waals surface area contributed by atoms with Crippen molar-refractivity contribution in [3.63, 3.8) is 0 Å². The number of nitrogens with one attached hydrogen (secondary N) is 1. The van der Waals surface area contributed by atoms with Crippen LogP contribution in [0.5, 0.6) is 0 Å². The van der Waals surface area contributed by atoms with Crippen molar-refractivity contribution in [2.24, 2.45) is 0 Å². The predicted molar refractivity (Wildman–Crippen MR) is 108 cm³/mol. The lowest BCUT2D eigenvalue weighted by atomic mass is 10.1. The molecule has 0 aliphatic carbocycles. The van der Waals surface area contributed by atoms with E-state index in [9.17, 15) is 14.4 Å². The number of imide groups is 2. The average Bonchev–Trinajstić information content (AvgIpc) is 3.24. The Morgan fingerprint density at radius 1 is 0.931 bits per heavy atom. The molecule has 2 aromatic carbocycles. The molecule has 1 N–H and O–H groups in total. The Balaban J connectivity index is 1.65. The first kappa shape index (κ1) is 18.8. The first-order valence-corrected chi connectivity index (χ1v) is 9.66. The average molecular weight is 404 g/mol. The number of amides is 4. The van der Waals surface area contributed by atoms with E-state index in [0.29, 0.717) is 11.3 Å². The van der Waals surface area contributed by atoms with E-state index >= 15 is 0 Å². The van der Waals surface area contributed by atoms with Crippen LogP contribution >= 0.6 is 11.8 Å². The molecule has 1 saturated heterocycles. The lowest BCUT2D eigenvalue weighted by Crippen LogP contribution is -2.53. The zero-order chi connectivity index (χ0) is 20.2. The number of carbonyl (C=O) groups excluding carboxylic acids is 3. The summed E-state index contributed by atoms with van der Waals surface area (Å²) in [6, 6.07) is 19.8. The molecule has 6 nitrogen and oxygen atoms in total. The highest BCUT2D eigenvalue weighted by Gasteiger charge is 2.36. The van der Waals surface area contributed by atoms with Crippen LogP contribution < -0.4 is 5.32 Å². The number of rotatable bonds is 5. The van der Waals surface area contributed by atoms with Gasteiger partial charge < -0.3 is 4.42 Å². The van der Waals surface area contributed by atoms with Gasteiger partial charge in [0.05, 0.1) is 12.8 Å². The van der Waals surface area contributed by atoms with E-state index in [1.54, 1.807) is 12.1 Å². The number of urea groups is 1. The maximum atomic E-state index is 12.9. The van der Waals surface area contributed by atoms with Gasteiger partial charge in [0, 0.05) is 9.79 Å². The Kier molecular flexibility index (Phi) is 5.31. The largest absolute Gasteiger partial charge is 0.467 e. The number of benzene rings is 2. The predicted octanol–water partition coefficient (Wildman–Crippen LogP) is 4.09. The first-order chi connectivity index (χ1) is 14.1. The van der Waals surface area contributed by atoms with Crippen LogP contribution in [0.2, 0.25) is 0 Å². The molecule has 0 unspecified atom stereocenters. The van der Waals surface area contributed by atoms with E-state index in [0.717, 1.165) is 14.7 Å². The van der Waals surface area contributed by atoms with Gasteiger partial charge in [-0.1, -0.05) is 48.2 Å². The van der Waals surface area contributed by atoms with Crippen LogP contribution in [0.25, 0.3) is 6.08 Å². The molecule has 1 aliphatic rings. The third-order valence-electron chi connectivity index (χ3n) is 4.27. The van der Waals surface area contributed by atoms with Gasteiger partial charge in [0.25, 0.3) is 11.8 Å². The molecule has 4 rings (SSSR count). The van der Waals surface area contributed by atoms with Gasteiger partial charge in [0.2, 0.25) is 0 Å². The van der Waals surface area contributed by atoms with Gasteiger partial charge in [-0.05, 0) is 42.0 Å². The molecular weight excluding hydrogens is 388 g/mol. The van der Waals surface area contributed by atoms with Crippen LogP contribution in [-0.4, -0.2) is 22.7 Å². The second-order valence-electron chi connectivity index (χ2n) is 6.24. The number of hydrogen-bond donors (Lipinski definition) is 1. The minimum atomic E-state index is -0.763. The number of barbiturate groups is 1. The summed E-state index contributed by atoms with van der Waals surface area (Å²) in [5, 5.41) is 2.22. The van der Waals surface area contributed by atoms with Crippen molar-refractivity contribution in [3.8, 4) is 0 Å². The Morgan fingerprint density at radius 3 is 2.45 bits per heavy atom. The zero-order valence-electron chi connectivity index (χ0n) is 15.2. The van der Waals surface area contributed by atoms with Crippen LogP contribution in [0.1, 0.15) is 11.3 Å². The van der Waals surface area contributed by atoms with Crippen LogP contribution in [0.4, 0.5) is 4.79 Å². The van der Waals surface area contributed by atoms with E-state index in [2.05, 4.69) is 5.32 Å². The molecule has 0 atom stereocenters. The summed E-state index contributed by atoms with van der Waals surface area (Å²) in [4.78, 5) is 40.3. The highest BCUT2D eigenvalue weighted by Crippen LogP contribution is 2.31. The van der Waals surface area contributed by atoms with Crippen molar-refractivity contribution in [2.45, 2.75) is 16.3 Å². The van der Waals surface area contributed by atoms with Crippen LogP contribution in [0, 0.1) is 0 Å². The number of nitrogens with zero attached hydrogens (tertiary/aromatic N) is 1. The van der Waals surface area contributed by atoms with Crippen LogP contribution in [-0.2, 0) is 16.1 Å². The quantitative estimate of drug-likeness (QED) is 0.512. The molecule has 0 bridgehead atoms. The van der Waals surface area contributed by atoms with E-state index in [-0.39, 0.29) is 12.1 Å². The maximum absolute atomic E-state index is 12.9. The SMILES string of the molecule is O=C1NC(=O)N(Cc2ccco2)C(=O)C1=Cc1ccccc1Sc1ccccc1. The second-order valence-corrected chi connectivity index (χ2v) is 7.36. The standard InChI is InChI=1S/C22H16N2O4S/c25-20-18(21(26)24(22(27)23-20)14-16-8-6-12-28-16)13-15-7-4-5-11-19(15)29-17-9-2-1-3-10-17/h1-13H,14H2,(H,23,25,27). The summed E-state index contributed by atoms with van der Waals surface area (Å²) in [7, 11) is 0. The van der Waals surface area contributed by atoms with Gasteiger partial charge >= 0.3 is 6.03 Å². The van der Waals surface area contributed by atoms with Gasteiger partial charge in [0.15, 0.2) is 0 Å². The first-order valence-electron chi connectivity index (χ1n) is 8.85. The molecule has 0 saturated carbocycles. The van der Waals surface area contributed by atoms with Crippen molar-refractivity contribution in [1.82, 2.24) is 10.2 Å². The number of carbonyl (C=O) groups is 3. The van der Waals surface area contributed by atoms with Crippen molar-refractivity contribution >= 4 is 35.7 Å². The molecule has 4 amide bonds. The summed E-state index contributed by atoms with van der Waals surface area (Å²) in [5.41, 5.74) is 0.615. The van der Waals surface area contributed by atoms with Crippen LogP contribution in [0.15, 0.2) is 92.8 Å². The summed E-state index contributed by atoms with van der Waals surface area (Å²) in [5.74, 6) is -0.924. The molecule has 29 heavy (non-hydrogen) atoms. The van der Waals surface area contributed by atoms with E-state index < -0.39 is 17.8 Å². The molecule has 1 aromatic heterocycles. The van der Waals surface area contributed by atoms with Gasteiger partial charge in [-0.2, -0.15) is 0 Å². The lowest BCUT2D eigenvalue weighted by Gasteiger charge is -2.25. The highest BCUT2D eigenvalue weighted by atomic mass is 32.2. The lowest BCUT2D eigenvalue weighted by molar-refractivity contribution is -0.130. The fourth-order valence-corrected chi connectivity index (χ4v) is 3.80. The Morgan fingerprint density at radius 2 is 1.69 bits per heavy atom. The Hall–Kier alpha value is -3.58. The van der Waals surface area contributed by atoms with E-state index in [1.165, 1.54) is 24.1 Å². The summed E-state index contributed by atoms with van der Waals surface area (Å²) in [6.45, 7) is -0.0529. The van der Waals surface area contributed by atoms with Gasteiger partial charge in [-0.15, -0.1) is 0 Å². The second kappa shape index (κ2) is 8.20. The molecular formula is C22H16N2O4S. The molecule has 1 aliphatic heterocycles. The van der Waals surface area contributed by atoms with Crippen molar-refractivity contribution in [3.05, 3.63) is 89.9 Å². The number of hydrogen-bond acceptors (Lipinski definition) is 5. The Bertz CT molecular complexity index is 1090. The minimum absolute atomic E-state index is 0.0529. The number of furan rings is 1. The van der Waals surface area contributed by atoms with Gasteiger partial charge in [-0.25, -0.2) is 4.79 Å². The highest BCUT2D eigenvalue weighted by molar-refractivity contribution is 7.99. The fraction of sp³-hybridized carbons (Fsp3) is 0.0455. The minimum Gasteiger partial charge on any atom is -0.467 e. The third-order valence-corrected chi connectivity index (χ3v) is 5.37. The molecule has 2 heterocycles. The van der Waals surface area contributed by atoms with Crippen molar-refractivity contribution in [1.29, 1.82) is 0 Å². The summed E-state index contributed by atoms with van der Waals surface area (Å²) in [6.07, 6.45) is 2.98. The van der Waals surface area contributed by atoms with E-state index in [1.807, 2.05) is 54.6 Å². The summed E-state index contributed by atoms with van der Waals surface area (Å²) < 4.78 is 5.22. The zero-order valence-corrected chi connectivity index (χ0v) is 16.0. The van der Waals surface area contributed by atoms with Crippen LogP contribution in [0.3, 0.4) is 0 Å². The van der Waals surface area contributed by atoms with Crippen molar-refractivity contribution < 1.29 is 18.8 Å². The Labute approximate surface area is 171 Å². The fourth-order valence-electron chi connectivity index (χ4n) is 2.86. The van der Waals surface area contributed by atoms with Gasteiger partial charge in [0.1, 0.15) is 11.3 Å². The third kappa shape index (κ3) is 4.14. The smallest absolute Gasteiger partial charge is 0.331 e.